The van der Waals surface area contributed by atoms with E-state index in [9.17, 15) is 9.59 Å². The van der Waals surface area contributed by atoms with Crippen molar-refractivity contribution in [3.05, 3.63) is 71.6 Å². The van der Waals surface area contributed by atoms with Gasteiger partial charge in [0.15, 0.2) is 5.13 Å². The van der Waals surface area contributed by atoms with Crippen molar-refractivity contribution in [2.45, 2.75) is 25.8 Å². The van der Waals surface area contributed by atoms with Crippen molar-refractivity contribution in [3.8, 4) is 11.3 Å². The van der Waals surface area contributed by atoms with Gasteiger partial charge in [0.25, 0.3) is 5.91 Å². The fourth-order valence-corrected chi connectivity index (χ4v) is 3.38. The number of rotatable bonds is 7. The SMILES string of the molecule is CCCC(NC(=O)c1ccccc1)C(=O)Nc1nc(-c2ccccc2)cs1. The van der Waals surface area contributed by atoms with Gasteiger partial charge in [-0.05, 0) is 18.6 Å². The van der Waals surface area contributed by atoms with E-state index in [2.05, 4.69) is 15.6 Å². The van der Waals surface area contributed by atoms with Gasteiger partial charge in [-0.3, -0.25) is 9.59 Å². The Morgan fingerprint density at radius 2 is 1.70 bits per heavy atom. The van der Waals surface area contributed by atoms with Gasteiger partial charge in [0, 0.05) is 16.5 Å². The monoisotopic (exact) mass is 379 g/mol. The van der Waals surface area contributed by atoms with Crippen LogP contribution < -0.4 is 10.6 Å². The van der Waals surface area contributed by atoms with E-state index in [0.29, 0.717) is 17.1 Å². The van der Waals surface area contributed by atoms with Crippen LogP contribution in [0.15, 0.2) is 66.0 Å². The molecule has 0 aliphatic carbocycles. The number of carbonyl (C=O) groups is 2. The lowest BCUT2D eigenvalue weighted by molar-refractivity contribution is -0.118. The third kappa shape index (κ3) is 5.01. The van der Waals surface area contributed by atoms with Crippen LogP contribution in [0.4, 0.5) is 5.13 Å². The number of hydrogen-bond donors (Lipinski definition) is 2. The largest absolute Gasteiger partial charge is 0.340 e. The van der Waals surface area contributed by atoms with Crippen molar-refractivity contribution in [1.82, 2.24) is 10.3 Å². The zero-order valence-corrected chi connectivity index (χ0v) is 15.8. The lowest BCUT2D eigenvalue weighted by Gasteiger charge is -2.17. The summed E-state index contributed by atoms with van der Waals surface area (Å²) >= 11 is 1.37. The first-order chi connectivity index (χ1) is 13.2. The van der Waals surface area contributed by atoms with Crippen LogP contribution in [-0.2, 0) is 4.79 Å². The van der Waals surface area contributed by atoms with Gasteiger partial charge in [-0.25, -0.2) is 4.98 Å². The number of amides is 2. The Hall–Kier alpha value is -2.99. The number of nitrogens with zero attached hydrogens (tertiary/aromatic N) is 1. The highest BCUT2D eigenvalue weighted by molar-refractivity contribution is 7.14. The number of benzene rings is 2. The minimum atomic E-state index is -0.605. The Kier molecular flexibility index (Phi) is 6.33. The number of anilines is 1. The normalized spacial score (nSPS) is 11.6. The minimum Gasteiger partial charge on any atom is -0.340 e. The van der Waals surface area contributed by atoms with Crippen molar-refractivity contribution in [2.24, 2.45) is 0 Å². The highest BCUT2D eigenvalue weighted by Crippen LogP contribution is 2.24. The molecule has 0 saturated heterocycles. The molecule has 0 saturated carbocycles. The maximum absolute atomic E-state index is 12.7. The molecule has 5 nitrogen and oxygen atoms in total. The second-order valence-electron chi connectivity index (χ2n) is 6.07. The van der Waals surface area contributed by atoms with E-state index in [1.807, 2.05) is 48.7 Å². The van der Waals surface area contributed by atoms with Gasteiger partial charge < -0.3 is 10.6 Å². The summed E-state index contributed by atoms with van der Waals surface area (Å²) in [6, 6.07) is 18.1. The summed E-state index contributed by atoms with van der Waals surface area (Å²) in [6.07, 6.45) is 1.33. The Morgan fingerprint density at radius 3 is 2.37 bits per heavy atom. The number of hydrogen-bond acceptors (Lipinski definition) is 4. The number of aromatic nitrogens is 1. The molecule has 0 radical (unpaired) electrons. The van der Waals surface area contributed by atoms with Crippen LogP contribution in [0.2, 0.25) is 0 Å². The summed E-state index contributed by atoms with van der Waals surface area (Å²) in [5, 5.41) is 8.07. The first-order valence-corrected chi connectivity index (χ1v) is 9.73. The minimum absolute atomic E-state index is 0.255. The first-order valence-electron chi connectivity index (χ1n) is 8.85. The quantitative estimate of drug-likeness (QED) is 0.641. The average molecular weight is 379 g/mol. The Labute approximate surface area is 162 Å². The third-order valence-electron chi connectivity index (χ3n) is 4.04. The summed E-state index contributed by atoms with van der Waals surface area (Å²) < 4.78 is 0. The summed E-state index contributed by atoms with van der Waals surface area (Å²) in [5.41, 5.74) is 2.35. The fourth-order valence-electron chi connectivity index (χ4n) is 2.65. The molecule has 0 bridgehead atoms. The third-order valence-corrected chi connectivity index (χ3v) is 4.80. The molecular formula is C21H21N3O2S. The van der Waals surface area contributed by atoms with Crippen molar-refractivity contribution >= 4 is 28.3 Å². The molecule has 2 N–H and O–H groups in total. The molecule has 1 aromatic heterocycles. The van der Waals surface area contributed by atoms with E-state index < -0.39 is 6.04 Å². The van der Waals surface area contributed by atoms with Crippen LogP contribution in [0.5, 0.6) is 0 Å². The predicted molar refractivity (Wildman–Crippen MR) is 109 cm³/mol. The van der Waals surface area contributed by atoms with Gasteiger partial charge in [0.1, 0.15) is 6.04 Å². The van der Waals surface area contributed by atoms with Crippen molar-refractivity contribution in [2.75, 3.05) is 5.32 Å². The Morgan fingerprint density at radius 1 is 1.04 bits per heavy atom. The lowest BCUT2D eigenvalue weighted by atomic mass is 10.1. The average Bonchev–Trinajstić information content (AvgIpc) is 3.17. The van der Waals surface area contributed by atoms with E-state index in [-0.39, 0.29) is 11.8 Å². The van der Waals surface area contributed by atoms with Gasteiger partial charge in [-0.15, -0.1) is 11.3 Å². The molecule has 6 heteroatoms. The summed E-state index contributed by atoms with van der Waals surface area (Å²) in [4.78, 5) is 29.5. The standard InChI is InChI=1S/C21H21N3O2S/c1-2-9-17(22-19(25)16-12-7-4-8-13-16)20(26)24-21-23-18(14-27-21)15-10-5-3-6-11-15/h3-8,10-14,17H,2,9H2,1H3,(H,22,25)(H,23,24,26). The van der Waals surface area contributed by atoms with Crippen LogP contribution in [0.25, 0.3) is 11.3 Å². The molecule has 1 heterocycles. The molecule has 2 aromatic carbocycles. The van der Waals surface area contributed by atoms with Crippen LogP contribution in [0, 0.1) is 0 Å². The van der Waals surface area contributed by atoms with E-state index in [4.69, 9.17) is 0 Å². The molecule has 1 unspecified atom stereocenters. The van der Waals surface area contributed by atoms with Gasteiger partial charge in [-0.2, -0.15) is 0 Å². The van der Waals surface area contributed by atoms with Crippen LogP contribution in [0.3, 0.4) is 0 Å². The smallest absolute Gasteiger partial charge is 0.251 e. The molecular weight excluding hydrogens is 358 g/mol. The molecule has 138 valence electrons. The molecule has 0 fully saturated rings. The molecule has 0 aliphatic heterocycles. The summed E-state index contributed by atoms with van der Waals surface area (Å²) in [5.74, 6) is -0.511. The highest BCUT2D eigenvalue weighted by atomic mass is 32.1. The molecule has 1 atom stereocenters. The van der Waals surface area contributed by atoms with Crippen LogP contribution in [-0.4, -0.2) is 22.8 Å². The second kappa shape index (κ2) is 9.09. The molecule has 0 spiro atoms. The van der Waals surface area contributed by atoms with E-state index >= 15 is 0 Å². The van der Waals surface area contributed by atoms with Crippen molar-refractivity contribution in [1.29, 1.82) is 0 Å². The van der Waals surface area contributed by atoms with Crippen molar-refractivity contribution in [3.63, 3.8) is 0 Å². The van der Waals surface area contributed by atoms with E-state index in [1.54, 1.807) is 24.3 Å². The zero-order chi connectivity index (χ0) is 19.1. The molecule has 3 aromatic rings. The molecule has 2 amide bonds. The van der Waals surface area contributed by atoms with Crippen molar-refractivity contribution < 1.29 is 9.59 Å². The Balaban J connectivity index is 1.67. The zero-order valence-electron chi connectivity index (χ0n) is 15.0. The second-order valence-corrected chi connectivity index (χ2v) is 6.93. The molecule has 3 rings (SSSR count). The molecule has 27 heavy (non-hydrogen) atoms. The van der Waals surface area contributed by atoms with E-state index in [0.717, 1.165) is 17.7 Å². The van der Waals surface area contributed by atoms with E-state index in [1.165, 1.54) is 11.3 Å². The highest BCUT2D eigenvalue weighted by Gasteiger charge is 2.21. The first kappa shape index (κ1) is 18.8. The summed E-state index contributed by atoms with van der Waals surface area (Å²) in [7, 11) is 0. The number of carbonyl (C=O) groups excluding carboxylic acids is 2. The number of nitrogens with one attached hydrogen (secondary N) is 2. The lowest BCUT2D eigenvalue weighted by Crippen LogP contribution is -2.43. The topological polar surface area (TPSA) is 71.1 Å². The Bertz CT molecular complexity index is 894. The maximum atomic E-state index is 12.7. The van der Waals surface area contributed by atoms with Gasteiger partial charge in [0.05, 0.1) is 5.69 Å². The van der Waals surface area contributed by atoms with Crippen LogP contribution in [0.1, 0.15) is 30.1 Å². The predicted octanol–water partition coefficient (Wildman–Crippen LogP) is 4.35. The van der Waals surface area contributed by atoms with Crippen LogP contribution >= 0.6 is 11.3 Å². The van der Waals surface area contributed by atoms with Gasteiger partial charge >= 0.3 is 0 Å². The number of thiazole rings is 1. The maximum Gasteiger partial charge on any atom is 0.251 e. The summed E-state index contributed by atoms with van der Waals surface area (Å²) in [6.45, 7) is 1.98. The van der Waals surface area contributed by atoms with Gasteiger partial charge in [-0.1, -0.05) is 61.9 Å². The molecule has 0 aliphatic rings. The fraction of sp³-hybridized carbons (Fsp3) is 0.190. The van der Waals surface area contributed by atoms with Gasteiger partial charge in [0.2, 0.25) is 5.91 Å².